The van der Waals surface area contributed by atoms with E-state index in [1.54, 1.807) is 74.4 Å². The second-order valence-electron chi connectivity index (χ2n) is 9.76. The Labute approximate surface area is 236 Å². The van der Waals surface area contributed by atoms with Crippen molar-refractivity contribution in [1.82, 2.24) is 15.3 Å². The average Bonchev–Trinajstić information content (AvgIpc) is 3.07. The van der Waals surface area contributed by atoms with Crippen molar-refractivity contribution in [2.45, 2.75) is 32.0 Å². The molecule has 1 aliphatic heterocycles. The van der Waals surface area contributed by atoms with Crippen LogP contribution in [0.5, 0.6) is 11.8 Å². The van der Waals surface area contributed by atoms with E-state index in [2.05, 4.69) is 15.3 Å². The summed E-state index contributed by atoms with van der Waals surface area (Å²) in [5.41, 5.74) is 0.890. The quantitative estimate of drug-likeness (QED) is 0.333. The van der Waals surface area contributed by atoms with Gasteiger partial charge in [0.1, 0.15) is 17.1 Å². The third-order valence-electron chi connectivity index (χ3n) is 7.04. The summed E-state index contributed by atoms with van der Waals surface area (Å²) in [4.78, 5) is 36.8. The Kier molecular flexibility index (Phi) is 7.67. The molecule has 9 nitrogen and oxygen atoms in total. The molecule has 5 rings (SSSR count). The number of rotatable bonds is 8. The van der Waals surface area contributed by atoms with E-state index in [4.69, 9.17) is 9.47 Å². The first kappa shape index (κ1) is 27.7. The van der Waals surface area contributed by atoms with E-state index in [9.17, 15) is 14.7 Å². The van der Waals surface area contributed by atoms with Crippen molar-refractivity contribution in [2.24, 2.45) is 0 Å². The minimum atomic E-state index is -1.85. The molecule has 1 aliphatic rings. The molecular formula is C31H29FN4O5. The summed E-state index contributed by atoms with van der Waals surface area (Å²) in [6.07, 6.45) is -1.77. The molecule has 2 N–H and O–H groups in total. The summed E-state index contributed by atoms with van der Waals surface area (Å²) in [5, 5.41) is 13.7. The van der Waals surface area contributed by atoms with E-state index in [1.165, 1.54) is 18.2 Å². The number of anilines is 1. The summed E-state index contributed by atoms with van der Waals surface area (Å²) >= 11 is 0. The predicted octanol–water partition coefficient (Wildman–Crippen LogP) is 4.15. The van der Waals surface area contributed by atoms with Crippen LogP contribution in [0.1, 0.15) is 28.1 Å². The third-order valence-corrected chi connectivity index (χ3v) is 7.04. The Morgan fingerprint density at radius 3 is 2.29 bits per heavy atom. The number of aryl methyl sites for hydroxylation is 2. The summed E-state index contributed by atoms with van der Waals surface area (Å²) < 4.78 is 27.0. The maximum Gasteiger partial charge on any atom is 0.347 e. The van der Waals surface area contributed by atoms with Gasteiger partial charge in [-0.1, -0.05) is 48.5 Å². The molecule has 1 amide bonds. The zero-order valence-corrected chi connectivity index (χ0v) is 22.8. The van der Waals surface area contributed by atoms with Gasteiger partial charge < -0.3 is 19.5 Å². The number of halogens is 1. The van der Waals surface area contributed by atoms with E-state index in [1.807, 2.05) is 12.1 Å². The van der Waals surface area contributed by atoms with Gasteiger partial charge in [-0.05, 0) is 49.7 Å². The Hall–Kier alpha value is -4.83. The molecule has 41 heavy (non-hydrogen) atoms. The molecular weight excluding hydrogens is 527 g/mol. The van der Waals surface area contributed by atoms with Crippen molar-refractivity contribution >= 4 is 17.6 Å². The highest BCUT2D eigenvalue weighted by molar-refractivity contribution is 5.97. The highest BCUT2D eigenvalue weighted by atomic mass is 19.1. The van der Waals surface area contributed by atoms with Gasteiger partial charge in [0, 0.05) is 28.2 Å². The number of carbonyl (C=O) groups is 2. The molecule has 2 heterocycles. The number of carbonyl (C=O) groups excluding carboxylic acids is 1. The fraction of sp³-hybridized carbons (Fsp3) is 0.226. The standard InChI is InChI=1S/C31H29FN4O5/c1-19-16-20(2)35-30(34-19)41-28(29(38)39)31(23-8-4-6-10-25(23)32)24-9-5-7-11-26(24)36(27(37)17-33-31)18-21-12-14-22(40-3)15-13-21/h4-16,28,33H,17-18H2,1-3H3,(H,38,39)/t28?,31-/m0/s1. The summed E-state index contributed by atoms with van der Waals surface area (Å²) in [6, 6.07) is 21.5. The highest BCUT2D eigenvalue weighted by Crippen LogP contribution is 2.43. The average molecular weight is 557 g/mol. The monoisotopic (exact) mass is 556 g/mol. The minimum absolute atomic E-state index is 0.00308. The number of ether oxygens (including phenoxy) is 2. The number of carboxylic acid groups (broad SMARTS) is 1. The fourth-order valence-corrected chi connectivity index (χ4v) is 5.24. The summed E-state index contributed by atoms with van der Waals surface area (Å²) in [6.45, 7) is 3.35. The zero-order chi connectivity index (χ0) is 29.1. The second kappa shape index (κ2) is 11.3. The van der Waals surface area contributed by atoms with Gasteiger partial charge in [-0.25, -0.2) is 19.2 Å². The smallest absolute Gasteiger partial charge is 0.347 e. The van der Waals surface area contributed by atoms with Crippen molar-refractivity contribution < 1.29 is 28.6 Å². The predicted molar refractivity (Wildman–Crippen MR) is 149 cm³/mol. The van der Waals surface area contributed by atoms with Crippen molar-refractivity contribution in [3.8, 4) is 11.8 Å². The maximum absolute atomic E-state index is 15.7. The van der Waals surface area contributed by atoms with Crippen molar-refractivity contribution in [1.29, 1.82) is 0 Å². The van der Waals surface area contributed by atoms with Crippen molar-refractivity contribution in [3.63, 3.8) is 0 Å². The Morgan fingerprint density at radius 2 is 1.66 bits per heavy atom. The number of amides is 1. The van der Waals surface area contributed by atoms with Crippen LogP contribution in [0.3, 0.4) is 0 Å². The molecule has 10 heteroatoms. The van der Waals surface area contributed by atoms with Gasteiger partial charge in [0.05, 0.1) is 20.2 Å². The van der Waals surface area contributed by atoms with Crippen LogP contribution >= 0.6 is 0 Å². The number of hydrogen-bond acceptors (Lipinski definition) is 7. The fourth-order valence-electron chi connectivity index (χ4n) is 5.24. The lowest BCUT2D eigenvalue weighted by Gasteiger charge is -2.39. The van der Waals surface area contributed by atoms with Crippen LogP contribution in [0.25, 0.3) is 0 Å². The zero-order valence-electron chi connectivity index (χ0n) is 22.8. The number of methoxy groups -OCH3 is 1. The van der Waals surface area contributed by atoms with Crippen LogP contribution in [0.2, 0.25) is 0 Å². The summed E-state index contributed by atoms with van der Waals surface area (Å²) in [7, 11) is 1.57. The molecule has 0 aliphatic carbocycles. The van der Waals surface area contributed by atoms with Crippen molar-refractivity contribution in [2.75, 3.05) is 18.6 Å². The van der Waals surface area contributed by atoms with Gasteiger partial charge in [-0.15, -0.1) is 0 Å². The Bertz CT molecular complexity index is 1580. The molecule has 0 saturated carbocycles. The molecule has 2 atom stereocenters. The van der Waals surface area contributed by atoms with Crippen LogP contribution in [-0.2, 0) is 21.7 Å². The molecule has 3 aromatic carbocycles. The molecule has 1 aromatic heterocycles. The number of nitrogens with one attached hydrogen (secondary N) is 1. The van der Waals surface area contributed by atoms with Gasteiger partial charge >= 0.3 is 12.0 Å². The van der Waals surface area contributed by atoms with Crippen LogP contribution in [0.4, 0.5) is 10.1 Å². The first-order valence-corrected chi connectivity index (χ1v) is 13.0. The maximum atomic E-state index is 15.7. The van der Waals surface area contributed by atoms with Gasteiger partial charge in [-0.2, -0.15) is 0 Å². The molecule has 210 valence electrons. The number of carboxylic acids is 1. The number of aromatic nitrogens is 2. The lowest BCUT2D eigenvalue weighted by molar-refractivity contribution is -0.149. The van der Waals surface area contributed by atoms with E-state index in [-0.39, 0.29) is 30.6 Å². The molecule has 0 fully saturated rings. The lowest BCUT2D eigenvalue weighted by Crippen LogP contribution is -2.59. The molecule has 0 saturated heterocycles. The van der Waals surface area contributed by atoms with Gasteiger partial charge in [0.2, 0.25) is 12.0 Å². The topological polar surface area (TPSA) is 114 Å². The molecule has 4 aromatic rings. The largest absolute Gasteiger partial charge is 0.497 e. The van der Waals surface area contributed by atoms with Crippen LogP contribution in [-0.4, -0.2) is 46.7 Å². The van der Waals surface area contributed by atoms with Gasteiger partial charge in [0.25, 0.3) is 0 Å². The molecule has 0 radical (unpaired) electrons. The lowest BCUT2D eigenvalue weighted by atomic mass is 9.76. The number of hydrogen-bond donors (Lipinski definition) is 2. The van der Waals surface area contributed by atoms with E-state index in [0.717, 1.165) is 5.56 Å². The van der Waals surface area contributed by atoms with Crippen LogP contribution in [0.15, 0.2) is 78.9 Å². The Balaban J connectivity index is 1.72. The summed E-state index contributed by atoms with van der Waals surface area (Å²) in [5.74, 6) is -1.72. The first-order chi connectivity index (χ1) is 19.7. The molecule has 0 bridgehead atoms. The highest BCUT2D eigenvalue weighted by Gasteiger charge is 2.53. The number of fused-ring (bicyclic) bond motifs is 1. The number of nitrogens with zero attached hydrogens (tertiary/aromatic N) is 3. The normalized spacial score (nSPS) is 17.4. The second-order valence-corrected chi connectivity index (χ2v) is 9.76. The van der Waals surface area contributed by atoms with Gasteiger partial charge in [0.15, 0.2) is 0 Å². The first-order valence-electron chi connectivity index (χ1n) is 13.0. The Morgan fingerprint density at radius 1 is 1.02 bits per heavy atom. The molecule has 1 unspecified atom stereocenters. The van der Waals surface area contributed by atoms with Crippen molar-refractivity contribution in [3.05, 3.63) is 113 Å². The molecule has 0 spiro atoms. The minimum Gasteiger partial charge on any atom is -0.497 e. The third kappa shape index (κ3) is 5.33. The van der Waals surface area contributed by atoms with E-state index < -0.39 is 23.4 Å². The number of benzene rings is 3. The van der Waals surface area contributed by atoms with E-state index >= 15 is 4.39 Å². The van der Waals surface area contributed by atoms with Crippen LogP contribution in [0, 0.1) is 19.7 Å². The van der Waals surface area contributed by atoms with Gasteiger partial charge in [-0.3, -0.25) is 10.1 Å². The number of para-hydroxylation sites is 1. The van der Waals surface area contributed by atoms with E-state index in [0.29, 0.717) is 28.4 Å². The number of aliphatic carboxylic acids is 1. The SMILES string of the molecule is COc1ccc(CN2C(=O)CN[C@](c3ccccc3F)(C(Oc3nc(C)cc(C)n3)C(=O)O)c3ccccc32)cc1. The van der Waals surface area contributed by atoms with Crippen LogP contribution < -0.4 is 19.7 Å².